The maximum Gasteiger partial charge on any atom is 0.266 e. The van der Waals surface area contributed by atoms with Crippen molar-refractivity contribution >= 4 is 92.0 Å². The Hall–Kier alpha value is -10.6. The van der Waals surface area contributed by atoms with Gasteiger partial charge in [-0.3, -0.25) is 19.2 Å². The summed E-state index contributed by atoms with van der Waals surface area (Å²) in [5.74, 6) is 0.349. The Morgan fingerprint density at radius 3 is 0.933 bits per heavy atom. The summed E-state index contributed by atoms with van der Waals surface area (Å²) < 4.78 is 12.9. The molecule has 0 unspecified atom stereocenters. The summed E-state index contributed by atoms with van der Waals surface area (Å²) >= 11 is 0. The molecule has 0 aromatic heterocycles. The van der Waals surface area contributed by atoms with Gasteiger partial charge in [-0.2, -0.15) is 0 Å². The SMILES string of the molecule is CC(C)(c1ccc(Oc2ccc3c(c2)C(=O)N(c2cccc([P+](c4ccccc4)(c4ccccc4)c4ccccc4)c2)C3=O)cc1)c1cccc(Oc2ccc3c(c2)C(=O)N(c2cccc([P+](c4ccccc4)(c4ccccc4)c4ccccc4)c2)C3=O)c1. The Morgan fingerprint density at radius 2 is 0.562 bits per heavy atom. The summed E-state index contributed by atoms with van der Waals surface area (Å²) in [7, 11) is -5.03. The summed E-state index contributed by atoms with van der Waals surface area (Å²) in [5, 5.41) is 8.97. The zero-order valence-corrected chi connectivity index (χ0v) is 50.5. The number of fused-ring (bicyclic) bond motifs is 2. The van der Waals surface area contributed by atoms with Crippen molar-refractivity contribution in [1.29, 1.82) is 0 Å². The van der Waals surface area contributed by atoms with Crippen LogP contribution in [0.25, 0.3) is 0 Å². The highest BCUT2D eigenvalue weighted by Crippen LogP contribution is 2.56. The van der Waals surface area contributed by atoms with Gasteiger partial charge in [0.25, 0.3) is 23.6 Å². The van der Waals surface area contributed by atoms with Crippen molar-refractivity contribution in [3.63, 3.8) is 0 Å². The van der Waals surface area contributed by atoms with Crippen molar-refractivity contribution in [2.45, 2.75) is 19.3 Å². The molecular weight excluding hydrogens is 1130 g/mol. The molecule has 2 aliphatic heterocycles. The van der Waals surface area contributed by atoms with E-state index in [-0.39, 0.29) is 11.1 Å². The van der Waals surface area contributed by atoms with E-state index in [9.17, 15) is 19.2 Å². The van der Waals surface area contributed by atoms with Gasteiger partial charge in [0.05, 0.1) is 33.6 Å². The zero-order valence-electron chi connectivity index (χ0n) is 48.8. The van der Waals surface area contributed by atoms with Crippen molar-refractivity contribution in [3.05, 3.63) is 349 Å². The van der Waals surface area contributed by atoms with Crippen molar-refractivity contribution < 1.29 is 28.7 Å². The molecule has 10 heteroatoms. The average Bonchev–Trinajstić information content (AvgIpc) is 1.18. The van der Waals surface area contributed by atoms with Crippen LogP contribution < -0.4 is 61.7 Å². The minimum atomic E-state index is -2.51. The summed E-state index contributed by atoms with van der Waals surface area (Å²) in [6.45, 7) is 4.27. The Labute approximate surface area is 518 Å². The summed E-state index contributed by atoms with van der Waals surface area (Å²) in [5.41, 5.74) is 3.64. The third-order valence-electron chi connectivity index (χ3n) is 17.1. The Bertz CT molecular complexity index is 4470. The lowest BCUT2D eigenvalue weighted by Crippen LogP contribution is -2.39. The van der Waals surface area contributed by atoms with Crippen LogP contribution in [0.1, 0.15) is 66.4 Å². The predicted octanol–water partition coefficient (Wildman–Crippen LogP) is 14.4. The van der Waals surface area contributed by atoms with Crippen molar-refractivity contribution in [2.75, 3.05) is 9.80 Å². The number of ether oxygens (including phenoxy) is 2. The molecule has 4 amide bonds. The highest BCUT2D eigenvalue weighted by Gasteiger charge is 2.50. The topological polar surface area (TPSA) is 93.2 Å². The normalized spacial score (nSPS) is 13.1. The first-order valence-electron chi connectivity index (χ1n) is 29.5. The second kappa shape index (κ2) is 23.2. The van der Waals surface area contributed by atoms with Crippen LogP contribution in [-0.2, 0) is 5.41 Å². The summed E-state index contributed by atoms with van der Waals surface area (Å²) in [6.07, 6.45) is 0. The minimum Gasteiger partial charge on any atom is -0.457 e. The number of anilines is 2. The van der Waals surface area contributed by atoms with Gasteiger partial charge in [0.15, 0.2) is 0 Å². The lowest BCUT2D eigenvalue weighted by Gasteiger charge is -2.28. The Kier molecular flexibility index (Phi) is 14.7. The van der Waals surface area contributed by atoms with Crippen molar-refractivity contribution in [3.8, 4) is 23.0 Å². The van der Waals surface area contributed by atoms with Gasteiger partial charge in [0.2, 0.25) is 0 Å². The molecule has 0 spiro atoms. The number of hydrogen-bond donors (Lipinski definition) is 0. The fourth-order valence-electron chi connectivity index (χ4n) is 12.7. The van der Waals surface area contributed by atoms with Gasteiger partial charge in [-0.1, -0.05) is 159 Å². The molecule has 0 N–H and O–H groups in total. The van der Waals surface area contributed by atoms with Crippen LogP contribution in [0.4, 0.5) is 11.4 Å². The molecule has 428 valence electrons. The molecule has 89 heavy (non-hydrogen) atoms. The fraction of sp³-hybridized carbons (Fsp3) is 0.0380. The van der Waals surface area contributed by atoms with E-state index in [1.165, 1.54) is 9.80 Å². The van der Waals surface area contributed by atoms with Crippen molar-refractivity contribution in [2.24, 2.45) is 0 Å². The average molecular weight is 1190 g/mol. The van der Waals surface area contributed by atoms with Gasteiger partial charge in [0, 0.05) is 17.5 Å². The molecule has 14 rings (SSSR count). The van der Waals surface area contributed by atoms with E-state index in [0.717, 1.165) is 53.6 Å². The largest absolute Gasteiger partial charge is 0.457 e. The van der Waals surface area contributed by atoms with E-state index >= 15 is 0 Å². The molecule has 0 atom stereocenters. The molecule has 0 radical (unpaired) electrons. The highest BCUT2D eigenvalue weighted by atomic mass is 31.2. The molecule has 0 saturated heterocycles. The number of nitrogens with zero attached hydrogens (tertiary/aromatic N) is 2. The lowest BCUT2D eigenvalue weighted by atomic mass is 9.78. The van der Waals surface area contributed by atoms with Crippen LogP contribution in [0.5, 0.6) is 23.0 Å². The second-order valence-electron chi connectivity index (χ2n) is 22.6. The van der Waals surface area contributed by atoms with Gasteiger partial charge in [-0.25, -0.2) is 9.80 Å². The van der Waals surface area contributed by atoms with E-state index in [4.69, 9.17) is 9.47 Å². The molecule has 12 aromatic carbocycles. The molecule has 8 nitrogen and oxygen atoms in total. The third-order valence-corrected chi connectivity index (χ3v) is 25.7. The van der Waals surface area contributed by atoms with E-state index in [1.54, 1.807) is 36.4 Å². The smallest absolute Gasteiger partial charge is 0.266 e. The number of carbonyl (C=O) groups excluding carboxylic acids is 4. The van der Waals surface area contributed by atoms with E-state index < -0.39 is 43.6 Å². The number of amides is 4. The van der Waals surface area contributed by atoms with E-state index in [1.807, 2.05) is 115 Å². The van der Waals surface area contributed by atoms with Gasteiger partial charge in [-0.05, 0) is 169 Å². The van der Waals surface area contributed by atoms with E-state index in [0.29, 0.717) is 45.5 Å². The predicted molar refractivity (Wildman–Crippen MR) is 363 cm³/mol. The molecule has 0 saturated carbocycles. The van der Waals surface area contributed by atoms with Gasteiger partial charge < -0.3 is 9.47 Å². The van der Waals surface area contributed by atoms with Crippen molar-refractivity contribution in [1.82, 2.24) is 0 Å². The van der Waals surface area contributed by atoms with Crippen LogP contribution in [0.15, 0.2) is 315 Å². The maximum absolute atomic E-state index is 14.5. The molecule has 0 aliphatic carbocycles. The summed E-state index contributed by atoms with van der Waals surface area (Å²) in [6, 6.07) is 105. The number of rotatable bonds is 16. The highest BCUT2D eigenvalue weighted by molar-refractivity contribution is 8.02. The molecule has 2 aliphatic rings. The van der Waals surface area contributed by atoms with Gasteiger partial charge in [-0.15, -0.1) is 0 Å². The van der Waals surface area contributed by atoms with Crippen LogP contribution >= 0.6 is 14.5 Å². The first-order valence-corrected chi connectivity index (χ1v) is 33.1. The molecule has 2 heterocycles. The maximum atomic E-state index is 14.5. The lowest BCUT2D eigenvalue weighted by molar-refractivity contribution is 0.0910. The molecule has 0 bridgehead atoms. The van der Waals surface area contributed by atoms with Gasteiger partial charge in [0.1, 0.15) is 80.0 Å². The fourth-order valence-corrected chi connectivity index (χ4v) is 21.3. The Balaban J connectivity index is 0.681. The first-order chi connectivity index (χ1) is 43.5. The third kappa shape index (κ3) is 9.84. The zero-order chi connectivity index (χ0) is 60.7. The second-order valence-corrected chi connectivity index (χ2v) is 29.4. The number of carbonyl (C=O) groups is 4. The summed E-state index contributed by atoms with van der Waals surface area (Å²) in [4.78, 5) is 60.2. The first kappa shape index (κ1) is 56.2. The number of benzene rings is 12. The monoisotopic (exact) mass is 1190 g/mol. The van der Waals surface area contributed by atoms with Gasteiger partial charge >= 0.3 is 0 Å². The number of imide groups is 2. The Morgan fingerprint density at radius 1 is 0.258 bits per heavy atom. The molecule has 0 fully saturated rings. The quantitative estimate of drug-likeness (QED) is 0.0707. The van der Waals surface area contributed by atoms with E-state index in [2.05, 4.69) is 178 Å². The van der Waals surface area contributed by atoms with Crippen LogP contribution in [0.3, 0.4) is 0 Å². The molecular formula is C79H58N2O6P2+2. The van der Waals surface area contributed by atoms with Crippen LogP contribution in [0.2, 0.25) is 0 Å². The number of hydrogen-bond acceptors (Lipinski definition) is 6. The standard InChI is InChI=1S/C79H58N2O6P2/c1-79(2,55-42-44-59(45-43-55)86-61-46-48-71-73(53-61)77(84)80(75(71)82)57-25-22-40-69(51-57)88(63-28-9-3-10-29-63,64-30-11-4-12-31-64)65-32-13-5-14-33-65)56-24-21-27-60(50-56)87-62-47-49-72-74(54-62)78(85)81(76(72)83)58-26-23-41-70(52-58)89(66-34-15-6-16-35-66,67-36-17-7-18-37-67)68-38-19-8-20-39-68/h3-54H,1-2H3/q+2. The molecule has 12 aromatic rings. The minimum absolute atomic E-state index is 0.269. The van der Waals surface area contributed by atoms with Crippen LogP contribution in [-0.4, -0.2) is 23.6 Å². The van der Waals surface area contributed by atoms with Crippen LogP contribution in [0, 0.1) is 0 Å².